The van der Waals surface area contributed by atoms with Crippen molar-refractivity contribution in [2.75, 3.05) is 0 Å². The fourth-order valence-electron chi connectivity index (χ4n) is 0.643. The van der Waals surface area contributed by atoms with E-state index in [1.54, 1.807) is 0 Å². The van der Waals surface area contributed by atoms with Gasteiger partial charge in [0.15, 0.2) is 0 Å². The normalized spacial score (nSPS) is 7.08. The van der Waals surface area contributed by atoms with Crippen LogP contribution in [-0.4, -0.2) is 27.5 Å². The smallest absolute Gasteiger partial charge is 0.335 e. The summed E-state index contributed by atoms with van der Waals surface area (Å²) in [5.41, 5.74) is -0.178. The van der Waals surface area contributed by atoms with E-state index in [1.165, 1.54) is 24.3 Å². The van der Waals surface area contributed by atoms with Crippen LogP contribution in [-0.2, 0) is 0 Å². The Balaban J connectivity index is -0.000000333. The van der Waals surface area contributed by atoms with Crippen molar-refractivity contribution < 1.29 is 31.4 Å². The van der Waals surface area contributed by atoms with E-state index in [0.717, 1.165) is 0 Å². The molecule has 76 valence electrons. The first-order valence-corrected chi connectivity index (χ1v) is 2.71. The van der Waals surface area contributed by atoms with Crippen LogP contribution in [0.4, 0.5) is 0 Å². The molecular weight excluding hydrogens is 180 g/mol. The molecule has 0 saturated carbocycles. The monoisotopic (exact) mass is 191 g/mol. The number of carboxylic acid groups (broad SMARTS) is 1. The molecule has 1 aromatic carbocycles. The van der Waals surface area contributed by atoms with E-state index in [4.69, 9.17) is 5.11 Å². The SMILES string of the molecule is O.O.O.O=C(O)c1ccccc1[O-]. The molecule has 0 atom stereocenters. The lowest BCUT2D eigenvalue weighted by Crippen LogP contribution is -2.02. The molecule has 0 aliphatic carbocycles. The Labute approximate surface area is 74.0 Å². The summed E-state index contributed by atoms with van der Waals surface area (Å²) in [5.74, 6) is -1.62. The Morgan fingerprint density at radius 1 is 1.15 bits per heavy atom. The van der Waals surface area contributed by atoms with Crippen molar-refractivity contribution in [3.8, 4) is 5.75 Å². The van der Waals surface area contributed by atoms with E-state index in [0.29, 0.717) is 0 Å². The number of hydrogen-bond acceptors (Lipinski definition) is 2. The van der Waals surface area contributed by atoms with Gasteiger partial charge in [0.05, 0.1) is 5.56 Å². The number of benzene rings is 1. The lowest BCUT2D eigenvalue weighted by Gasteiger charge is -2.07. The van der Waals surface area contributed by atoms with Crippen LogP contribution < -0.4 is 5.11 Å². The molecule has 7 N–H and O–H groups in total. The van der Waals surface area contributed by atoms with Crippen molar-refractivity contribution in [3.63, 3.8) is 0 Å². The van der Waals surface area contributed by atoms with Crippen LogP contribution in [0.3, 0.4) is 0 Å². The summed E-state index contributed by atoms with van der Waals surface area (Å²) in [6, 6.07) is 5.54. The molecule has 0 heterocycles. The quantitative estimate of drug-likeness (QED) is 0.544. The lowest BCUT2D eigenvalue weighted by molar-refractivity contribution is -0.268. The van der Waals surface area contributed by atoms with Crippen molar-refractivity contribution in [3.05, 3.63) is 29.8 Å². The highest BCUT2D eigenvalue weighted by Crippen LogP contribution is 2.10. The summed E-state index contributed by atoms with van der Waals surface area (Å²) in [6.07, 6.45) is 0. The molecule has 0 spiro atoms. The second-order valence-corrected chi connectivity index (χ2v) is 1.80. The van der Waals surface area contributed by atoms with E-state index in [1.807, 2.05) is 0 Å². The van der Waals surface area contributed by atoms with Gasteiger partial charge >= 0.3 is 5.97 Å². The van der Waals surface area contributed by atoms with Gasteiger partial charge in [-0.05, 0) is 6.07 Å². The van der Waals surface area contributed by atoms with Crippen molar-refractivity contribution in [1.82, 2.24) is 0 Å². The van der Waals surface area contributed by atoms with Gasteiger partial charge < -0.3 is 26.6 Å². The molecule has 6 nitrogen and oxygen atoms in total. The largest absolute Gasteiger partial charge is 0.872 e. The summed E-state index contributed by atoms with van der Waals surface area (Å²) in [4.78, 5) is 10.2. The Kier molecular flexibility index (Phi) is 9.45. The molecule has 1 rings (SSSR count). The number of carbonyl (C=O) groups is 1. The molecule has 0 bridgehead atoms. The number of para-hydroxylation sites is 1. The van der Waals surface area contributed by atoms with Gasteiger partial charge in [0.2, 0.25) is 0 Å². The zero-order chi connectivity index (χ0) is 7.56. The predicted octanol–water partition coefficient (Wildman–Crippen LogP) is -2.02. The number of aromatic carboxylic acids is 1. The van der Waals surface area contributed by atoms with Crippen LogP contribution in [0.2, 0.25) is 0 Å². The van der Waals surface area contributed by atoms with Crippen LogP contribution in [0.1, 0.15) is 10.4 Å². The molecule has 0 fully saturated rings. The summed E-state index contributed by atoms with van der Waals surface area (Å²) < 4.78 is 0. The van der Waals surface area contributed by atoms with Gasteiger partial charge in [-0.2, -0.15) is 0 Å². The van der Waals surface area contributed by atoms with Gasteiger partial charge in [0.25, 0.3) is 0 Å². The Hall–Kier alpha value is -1.63. The molecule has 0 saturated heterocycles. The van der Waals surface area contributed by atoms with Crippen molar-refractivity contribution >= 4 is 5.97 Å². The maximum absolute atomic E-state index is 10.7. The summed E-state index contributed by atoms with van der Waals surface area (Å²) in [5, 5.41) is 19.0. The van der Waals surface area contributed by atoms with E-state index in [-0.39, 0.29) is 22.0 Å². The van der Waals surface area contributed by atoms with Gasteiger partial charge in [-0.3, -0.25) is 0 Å². The predicted molar refractivity (Wildman–Crippen MR) is 43.7 cm³/mol. The molecule has 6 heteroatoms. The summed E-state index contributed by atoms with van der Waals surface area (Å²) in [6.45, 7) is 0. The number of rotatable bonds is 1. The highest BCUT2D eigenvalue weighted by Gasteiger charge is 1.99. The minimum Gasteiger partial charge on any atom is -0.872 e. The van der Waals surface area contributed by atoms with Crippen molar-refractivity contribution in [2.45, 2.75) is 0 Å². The summed E-state index contributed by atoms with van der Waals surface area (Å²) >= 11 is 0. The molecule has 0 aromatic heterocycles. The minimum atomic E-state index is -1.18. The number of carboxylic acids is 1. The minimum absolute atomic E-state index is 0. The van der Waals surface area contributed by atoms with Crippen LogP contribution in [0.25, 0.3) is 0 Å². The second kappa shape index (κ2) is 7.04. The Morgan fingerprint density at radius 3 is 1.92 bits per heavy atom. The molecule has 0 aliphatic heterocycles. The van der Waals surface area contributed by atoms with Gasteiger partial charge in [-0.1, -0.05) is 23.9 Å². The third-order valence-electron chi connectivity index (χ3n) is 1.12. The fourth-order valence-corrected chi connectivity index (χ4v) is 0.643. The molecule has 0 aliphatic rings. The topological polar surface area (TPSA) is 155 Å². The first-order valence-electron chi connectivity index (χ1n) is 2.71. The van der Waals surface area contributed by atoms with E-state index < -0.39 is 11.7 Å². The van der Waals surface area contributed by atoms with Crippen molar-refractivity contribution in [2.24, 2.45) is 0 Å². The van der Waals surface area contributed by atoms with Crippen LogP contribution >= 0.6 is 0 Å². The van der Waals surface area contributed by atoms with Crippen LogP contribution in [0.5, 0.6) is 5.75 Å². The first-order chi connectivity index (χ1) is 4.72. The van der Waals surface area contributed by atoms with E-state index >= 15 is 0 Å². The molecular formula is C7H11O6-. The van der Waals surface area contributed by atoms with Gasteiger partial charge in [0.1, 0.15) is 0 Å². The van der Waals surface area contributed by atoms with Gasteiger partial charge in [-0.25, -0.2) is 4.79 Å². The molecule has 0 amide bonds. The molecule has 13 heavy (non-hydrogen) atoms. The maximum Gasteiger partial charge on any atom is 0.335 e. The fraction of sp³-hybridized carbons (Fsp3) is 0. The average molecular weight is 191 g/mol. The standard InChI is InChI=1S/C7H6O3.3H2O/c8-6-4-2-1-3-5(6)7(9)10;;;/h1-4,8H,(H,9,10);3*1H2/p-1. The number of hydrogen-bond donors (Lipinski definition) is 1. The highest BCUT2D eigenvalue weighted by molar-refractivity contribution is 5.90. The van der Waals surface area contributed by atoms with E-state index in [9.17, 15) is 9.90 Å². The van der Waals surface area contributed by atoms with Crippen molar-refractivity contribution in [1.29, 1.82) is 0 Å². The first kappa shape index (κ1) is 17.5. The third-order valence-corrected chi connectivity index (χ3v) is 1.12. The van der Waals surface area contributed by atoms with Crippen LogP contribution in [0.15, 0.2) is 24.3 Å². The molecule has 0 unspecified atom stereocenters. The maximum atomic E-state index is 10.7. The third kappa shape index (κ3) is 4.06. The average Bonchev–Trinajstić information content (AvgIpc) is 1.88. The van der Waals surface area contributed by atoms with Gasteiger partial charge in [-0.15, -0.1) is 0 Å². The zero-order valence-corrected chi connectivity index (χ0v) is 6.57. The molecule has 1 aromatic rings. The Bertz CT molecular complexity index is 259. The Morgan fingerprint density at radius 2 is 1.62 bits per heavy atom. The lowest BCUT2D eigenvalue weighted by atomic mass is 10.2. The van der Waals surface area contributed by atoms with E-state index in [2.05, 4.69) is 0 Å². The zero-order valence-electron chi connectivity index (χ0n) is 6.57. The second-order valence-electron chi connectivity index (χ2n) is 1.80. The van der Waals surface area contributed by atoms with Gasteiger partial charge in [0, 0.05) is 0 Å². The molecule has 0 radical (unpaired) electrons. The highest BCUT2D eigenvalue weighted by atomic mass is 16.4. The van der Waals surface area contributed by atoms with Crippen LogP contribution in [0, 0.1) is 0 Å². The summed E-state index contributed by atoms with van der Waals surface area (Å²) in [7, 11) is 0.